The number of nitrogen functional groups attached to an aromatic ring is 1. The second-order valence-electron chi connectivity index (χ2n) is 6.71. The number of hydrogen-bond acceptors (Lipinski definition) is 7. The van der Waals surface area contributed by atoms with Gasteiger partial charge in [-0.3, -0.25) is 4.79 Å². The Bertz CT molecular complexity index is 938. The molecular formula is C22H26N2O5S. The average molecular weight is 431 g/mol. The number of ether oxygens (including phenoxy) is 3. The van der Waals surface area contributed by atoms with Crippen molar-refractivity contribution in [2.45, 2.75) is 39.2 Å². The zero-order chi connectivity index (χ0) is 21.5. The molecule has 1 amide bonds. The molecule has 0 saturated heterocycles. The van der Waals surface area contributed by atoms with E-state index in [1.165, 1.54) is 17.4 Å². The number of thiophene rings is 1. The first-order chi connectivity index (χ1) is 14.5. The Labute approximate surface area is 179 Å². The molecule has 1 atom stereocenters. The Morgan fingerprint density at radius 1 is 1.27 bits per heavy atom. The highest BCUT2D eigenvalue weighted by Gasteiger charge is 2.27. The Morgan fingerprint density at radius 2 is 2.07 bits per heavy atom. The Kier molecular flexibility index (Phi) is 7.35. The van der Waals surface area contributed by atoms with E-state index in [1.54, 1.807) is 13.0 Å². The van der Waals surface area contributed by atoms with Crippen LogP contribution in [0, 0.1) is 0 Å². The van der Waals surface area contributed by atoms with Gasteiger partial charge in [0.2, 0.25) is 5.91 Å². The van der Waals surface area contributed by atoms with Crippen molar-refractivity contribution in [2.24, 2.45) is 0 Å². The third kappa shape index (κ3) is 5.33. The third-order valence-electron chi connectivity index (χ3n) is 4.66. The van der Waals surface area contributed by atoms with Crippen LogP contribution >= 0.6 is 11.3 Å². The van der Waals surface area contributed by atoms with Gasteiger partial charge in [-0.25, -0.2) is 4.79 Å². The lowest BCUT2D eigenvalue weighted by atomic mass is 9.95. The third-order valence-corrected chi connectivity index (χ3v) is 5.84. The molecule has 0 fully saturated rings. The fourth-order valence-corrected chi connectivity index (χ4v) is 4.52. The number of amides is 1. The minimum absolute atomic E-state index is 0.242. The van der Waals surface area contributed by atoms with Crippen LogP contribution in [-0.2, 0) is 27.1 Å². The summed E-state index contributed by atoms with van der Waals surface area (Å²) in [4.78, 5) is 25.0. The zero-order valence-electron chi connectivity index (χ0n) is 17.1. The molecule has 0 saturated carbocycles. The summed E-state index contributed by atoms with van der Waals surface area (Å²) in [6.07, 6.45) is 4.21. The Balaban J connectivity index is 1.65. The van der Waals surface area contributed by atoms with Crippen molar-refractivity contribution in [3.8, 4) is 5.75 Å². The predicted molar refractivity (Wildman–Crippen MR) is 118 cm³/mol. The van der Waals surface area contributed by atoms with Crippen LogP contribution in [0.25, 0.3) is 6.08 Å². The van der Waals surface area contributed by atoms with Crippen LogP contribution in [0.2, 0.25) is 0 Å². The number of benzene rings is 1. The molecular weight excluding hydrogens is 404 g/mol. The van der Waals surface area contributed by atoms with Crippen LogP contribution in [0.1, 0.15) is 36.3 Å². The number of anilines is 2. The maximum Gasteiger partial charge on any atom is 0.508 e. The standard InChI is InChI=1S/C22H26N2O5S/c1-3-27-17-8-6-5-7-14(17)9-12-19(25)24-21-20(23)16-11-10-15(13-18(16)30-21)29-22(26)28-4-2/h5-9,12,15H,3-4,10-11,13,23H2,1-2H3,(H,24,25)/b12-9+. The molecule has 1 aromatic carbocycles. The van der Waals surface area contributed by atoms with E-state index in [2.05, 4.69) is 5.32 Å². The summed E-state index contributed by atoms with van der Waals surface area (Å²) < 4.78 is 15.7. The van der Waals surface area contributed by atoms with E-state index in [4.69, 9.17) is 19.9 Å². The minimum Gasteiger partial charge on any atom is -0.493 e. The lowest BCUT2D eigenvalue weighted by molar-refractivity contribution is -0.111. The van der Waals surface area contributed by atoms with E-state index in [0.717, 1.165) is 21.8 Å². The van der Waals surface area contributed by atoms with Crippen LogP contribution < -0.4 is 15.8 Å². The second-order valence-corrected chi connectivity index (χ2v) is 7.81. The van der Waals surface area contributed by atoms with Gasteiger partial charge < -0.3 is 25.3 Å². The summed E-state index contributed by atoms with van der Waals surface area (Å²) in [5.41, 5.74) is 8.69. The van der Waals surface area contributed by atoms with Gasteiger partial charge in [-0.05, 0) is 44.4 Å². The van der Waals surface area contributed by atoms with E-state index >= 15 is 0 Å². The van der Waals surface area contributed by atoms with Crippen LogP contribution in [0.15, 0.2) is 30.3 Å². The SMILES string of the molecule is CCOC(=O)OC1CCc2c(sc(NC(=O)/C=C/c3ccccc3OCC)c2N)C1. The number of carbonyl (C=O) groups excluding carboxylic acids is 2. The maximum absolute atomic E-state index is 12.4. The van der Waals surface area contributed by atoms with E-state index < -0.39 is 6.16 Å². The molecule has 3 N–H and O–H groups in total. The molecule has 1 heterocycles. The first kappa shape index (κ1) is 21.7. The number of carbonyl (C=O) groups is 2. The van der Waals surface area contributed by atoms with Crippen LogP contribution in [0.3, 0.4) is 0 Å². The van der Waals surface area contributed by atoms with Crippen LogP contribution in [0.4, 0.5) is 15.5 Å². The highest BCUT2D eigenvalue weighted by molar-refractivity contribution is 7.17. The highest BCUT2D eigenvalue weighted by atomic mass is 32.1. The van der Waals surface area contributed by atoms with Gasteiger partial charge in [0.15, 0.2) is 0 Å². The van der Waals surface area contributed by atoms with Gasteiger partial charge in [-0.1, -0.05) is 18.2 Å². The van der Waals surface area contributed by atoms with Crippen LogP contribution in [0.5, 0.6) is 5.75 Å². The second kappa shape index (κ2) is 10.2. The van der Waals surface area contributed by atoms with Crippen molar-refractivity contribution in [1.82, 2.24) is 0 Å². The summed E-state index contributed by atoms with van der Waals surface area (Å²) in [7, 11) is 0. The molecule has 0 bridgehead atoms. The first-order valence-electron chi connectivity index (χ1n) is 9.96. The molecule has 160 valence electrons. The van der Waals surface area contributed by atoms with E-state index in [0.29, 0.717) is 36.6 Å². The molecule has 0 radical (unpaired) electrons. The van der Waals surface area contributed by atoms with Gasteiger partial charge in [-0.2, -0.15) is 0 Å². The number of hydrogen-bond donors (Lipinski definition) is 2. The van der Waals surface area contributed by atoms with Crippen LogP contribution in [-0.4, -0.2) is 31.4 Å². The first-order valence-corrected chi connectivity index (χ1v) is 10.8. The van der Waals surface area contributed by atoms with Gasteiger partial charge in [0.1, 0.15) is 16.9 Å². The molecule has 3 rings (SSSR count). The predicted octanol–water partition coefficient (Wildman–Crippen LogP) is 4.41. The molecule has 0 spiro atoms. The molecule has 0 aliphatic heterocycles. The van der Waals surface area contributed by atoms with Crippen molar-refractivity contribution in [2.75, 3.05) is 24.3 Å². The van der Waals surface area contributed by atoms with Crippen molar-refractivity contribution in [3.63, 3.8) is 0 Å². The molecule has 30 heavy (non-hydrogen) atoms. The number of para-hydroxylation sites is 1. The van der Waals surface area contributed by atoms with E-state index in [9.17, 15) is 9.59 Å². The van der Waals surface area contributed by atoms with E-state index in [-0.39, 0.29) is 18.6 Å². The van der Waals surface area contributed by atoms with Crippen molar-refractivity contribution >= 4 is 40.2 Å². The molecule has 1 aliphatic carbocycles. The van der Waals surface area contributed by atoms with Gasteiger partial charge >= 0.3 is 6.16 Å². The Hall–Kier alpha value is -3.00. The summed E-state index contributed by atoms with van der Waals surface area (Å²) in [5, 5.41) is 3.47. The molecule has 1 aliphatic rings. The van der Waals surface area contributed by atoms with Crippen molar-refractivity contribution in [3.05, 3.63) is 46.3 Å². The maximum atomic E-state index is 12.4. The minimum atomic E-state index is -0.651. The quantitative estimate of drug-likeness (QED) is 0.498. The summed E-state index contributed by atoms with van der Waals surface area (Å²) in [6.45, 7) is 4.48. The molecule has 2 aromatic rings. The fourth-order valence-electron chi connectivity index (χ4n) is 3.29. The smallest absolute Gasteiger partial charge is 0.493 e. The Morgan fingerprint density at radius 3 is 2.83 bits per heavy atom. The monoisotopic (exact) mass is 430 g/mol. The normalized spacial score (nSPS) is 15.5. The average Bonchev–Trinajstić information content (AvgIpc) is 3.02. The molecule has 8 heteroatoms. The summed E-state index contributed by atoms with van der Waals surface area (Å²) in [5.74, 6) is 0.453. The van der Waals surface area contributed by atoms with Crippen molar-refractivity contribution in [1.29, 1.82) is 0 Å². The van der Waals surface area contributed by atoms with Gasteiger partial charge in [-0.15, -0.1) is 11.3 Å². The van der Waals surface area contributed by atoms with Gasteiger partial charge in [0.25, 0.3) is 0 Å². The largest absolute Gasteiger partial charge is 0.508 e. The molecule has 1 aromatic heterocycles. The number of nitrogens with one attached hydrogen (secondary N) is 1. The van der Waals surface area contributed by atoms with Gasteiger partial charge in [0.05, 0.1) is 18.9 Å². The number of rotatable bonds is 7. The van der Waals surface area contributed by atoms with Crippen molar-refractivity contribution < 1.29 is 23.8 Å². The zero-order valence-corrected chi connectivity index (χ0v) is 17.9. The fraction of sp³-hybridized carbons (Fsp3) is 0.364. The number of nitrogens with two attached hydrogens (primary N) is 1. The topological polar surface area (TPSA) is 99.9 Å². The van der Waals surface area contributed by atoms with Gasteiger partial charge in [0, 0.05) is 22.9 Å². The highest BCUT2D eigenvalue weighted by Crippen LogP contribution is 2.40. The summed E-state index contributed by atoms with van der Waals surface area (Å²) >= 11 is 1.42. The lowest BCUT2D eigenvalue weighted by Crippen LogP contribution is -2.25. The van der Waals surface area contributed by atoms with E-state index in [1.807, 2.05) is 31.2 Å². The number of fused-ring (bicyclic) bond motifs is 1. The molecule has 7 nitrogen and oxygen atoms in total. The summed E-state index contributed by atoms with van der Waals surface area (Å²) in [6, 6.07) is 7.52. The lowest BCUT2D eigenvalue weighted by Gasteiger charge is -2.21. The molecule has 1 unspecified atom stereocenters.